The number of carbonyl (C=O) groups excluding carboxylic acids is 2. The highest BCUT2D eigenvalue weighted by molar-refractivity contribution is 7.09. The maximum absolute atomic E-state index is 13.3. The van der Waals surface area contributed by atoms with E-state index in [0.717, 1.165) is 47.7 Å². The number of piperazine rings is 1. The zero-order valence-corrected chi connectivity index (χ0v) is 22.6. The molecule has 0 bridgehead atoms. The van der Waals surface area contributed by atoms with E-state index < -0.39 is 0 Å². The summed E-state index contributed by atoms with van der Waals surface area (Å²) in [6, 6.07) is 15.3. The van der Waals surface area contributed by atoms with E-state index in [2.05, 4.69) is 14.9 Å². The Hall–Kier alpha value is -4.05. The summed E-state index contributed by atoms with van der Waals surface area (Å²) in [6.07, 6.45) is 3.40. The molecule has 6 rings (SSSR count). The Balaban J connectivity index is 1.05. The molecule has 9 nitrogen and oxygen atoms in total. The molecule has 2 aliphatic heterocycles. The van der Waals surface area contributed by atoms with E-state index in [0.29, 0.717) is 43.3 Å². The van der Waals surface area contributed by atoms with Crippen LogP contribution in [0.15, 0.2) is 60.1 Å². The molecule has 5 heterocycles. The Morgan fingerprint density at radius 3 is 2.33 bits per heavy atom. The lowest BCUT2D eigenvalue weighted by Gasteiger charge is -2.35. The van der Waals surface area contributed by atoms with Crippen LogP contribution in [0.2, 0.25) is 0 Å². The van der Waals surface area contributed by atoms with Gasteiger partial charge in [0.05, 0.1) is 17.6 Å². The Labute approximate surface area is 231 Å². The molecule has 10 heteroatoms. The molecule has 2 saturated heterocycles. The van der Waals surface area contributed by atoms with E-state index in [1.165, 1.54) is 0 Å². The summed E-state index contributed by atoms with van der Waals surface area (Å²) in [4.78, 5) is 46.1. The van der Waals surface area contributed by atoms with Gasteiger partial charge in [-0.1, -0.05) is 18.2 Å². The summed E-state index contributed by atoms with van der Waals surface area (Å²) >= 11 is 1.55. The Morgan fingerprint density at radius 2 is 1.59 bits per heavy atom. The standard InChI is InChI=1S/C29H30N6O3S/c1-38-25-18-23(31-22-7-3-2-6-21(22)25)28(36)34-12-9-20(10-13-34)27-32-24(19-39-27)29(37)35-16-14-33(15-17-35)26-8-4-5-11-30-26/h2-8,11,18-20H,9-10,12-17H2,1H3. The van der Waals surface area contributed by atoms with Gasteiger partial charge in [-0.2, -0.15) is 0 Å². The molecule has 1 aromatic carbocycles. The van der Waals surface area contributed by atoms with Crippen molar-refractivity contribution in [2.24, 2.45) is 0 Å². The first-order valence-corrected chi connectivity index (χ1v) is 14.1. The van der Waals surface area contributed by atoms with Gasteiger partial charge in [0.1, 0.15) is 23.0 Å². The third-order valence-corrected chi connectivity index (χ3v) is 8.54. The molecule has 2 fully saturated rings. The highest BCUT2D eigenvalue weighted by atomic mass is 32.1. The quantitative estimate of drug-likeness (QED) is 0.375. The SMILES string of the molecule is COc1cc(C(=O)N2CCC(c3nc(C(=O)N4CCN(c5ccccn5)CC4)cs3)CC2)nc2ccccc12. The molecule has 2 aliphatic rings. The zero-order valence-electron chi connectivity index (χ0n) is 21.8. The number of pyridine rings is 2. The first kappa shape index (κ1) is 25.2. The summed E-state index contributed by atoms with van der Waals surface area (Å²) in [5.74, 6) is 1.73. The Kier molecular flexibility index (Phi) is 7.10. The number of piperidine rings is 1. The topological polar surface area (TPSA) is 91.8 Å². The maximum atomic E-state index is 13.3. The summed E-state index contributed by atoms with van der Waals surface area (Å²) in [5.41, 5.74) is 1.66. The normalized spacial score (nSPS) is 16.5. The lowest BCUT2D eigenvalue weighted by atomic mass is 9.97. The summed E-state index contributed by atoms with van der Waals surface area (Å²) in [5, 5.41) is 3.74. The molecule has 0 spiro atoms. The van der Waals surface area contributed by atoms with Gasteiger partial charge in [-0.15, -0.1) is 11.3 Å². The average Bonchev–Trinajstić information content (AvgIpc) is 3.51. The van der Waals surface area contributed by atoms with Crippen LogP contribution in [-0.4, -0.2) is 82.9 Å². The summed E-state index contributed by atoms with van der Waals surface area (Å²) in [6.45, 7) is 4.05. The first-order chi connectivity index (χ1) is 19.1. The molecule has 0 atom stereocenters. The number of ether oxygens (including phenoxy) is 1. The number of fused-ring (bicyclic) bond motifs is 1. The highest BCUT2D eigenvalue weighted by Crippen LogP contribution is 2.32. The number of hydrogen-bond acceptors (Lipinski definition) is 8. The predicted octanol–water partition coefficient (Wildman–Crippen LogP) is 4.08. The van der Waals surface area contributed by atoms with Gasteiger partial charge in [0.2, 0.25) is 0 Å². The summed E-state index contributed by atoms with van der Waals surface area (Å²) in [7, 11) is 1.61. The van der Waals surface area contributed by atoms with E-state index in [4.69, 9.17) is 9.72 Å². The second-order valence-corrected chi connectivity index (χ2v) is 10.7. The smallest absolute Gasteiger partial charge is 0.273 e. The minimum atomic E-state index is -0.0858. The fraction of sp³-hybridized carbons (Fsp3) is 0.345. The number of amides is 2. The van der Waals surface area contributed by atoms with E-state index in [9.17, 15) is 9.59 Å². The van der Waals surface area contributed by atoms with Crippen LogP contribution < -0.4 is 9.64 Å². The van der Waals surface area contributed by atoms with Crippen LogP contribution in [-0.2, 0) is 0 Å². The Bertz CT molecular complexity index is 1480. The van der Waals surface area contributed by atoms with Gasteiger partial charge in [0.15, 0.2) is 0 Å². The minimum Gasteiger partial charge on any atom is -0.496 e. The molecule has 39 heavy (non-hydrogen) atoms. The number of hydrogen-bond donors (Lipinski definition) is 0. The summed E-state index contributed by atoms with van der Waals surface area (Å²) < 4.78 is 5.52. The van der Waals surface area contributed by atoms with Gasteiger partial charge in [-0.25, -0.2) is 15.0 Å². The van der Waals surface area contributed by atoms with Crippen LogP contribution in [0.1, 0.15) is 44.7 Å². The number of thiazole rings is 1. The predicted molar refractivity (Wildman–Crippen MR) is 151 cm³/mol. The number of para-hydroxylation sites is 1. The molecule has 4 aromatic rings. The van der Waals surface area contributed by atoms with Crippen LogP contribution >= 0.6 is 11.3 Å². The monoisotopic (exact) mass is 542 g/mol. The first-order valence-electron chi connectivity index (χ1n) is 13.2. The van der Waals surface area contributed by atoms with Crippen molar-refractivity contribution in [1.82, 2.24) is 24.8 Å². The zero-order chi connectivity index (χ0) is 26.8. The van der Waals surface area contributed by atoms with Crippen LogP contribution in [0.4, 0.5) is 5.82 Å². The number of benzene rings is 1. The molecule has 3 aromatic heterocycles. The van der Waals surface area contributed by atoms with Gasteiger partial charge < -0.3 is 19.4 Å². The number of nitrogens with zero attached hydrogens (tertiary/aromatic N) is 6. The number of rotatable bonds is 5. The molecule has 200 valence electrons. The van der Waals surface area contributed by atoms with Gasteiger partial charge in [0, 0.05) is 68.2 Å². The average molecular weight is 543 g/mol. The molecule has 0 unspecified atom stereocenters. The van der Waals surface area contributed by atoms with Crippen LogP contribution in [0.25, 0.3) is 10.9 Å². The van der Waals surface area contributed by atoms with Crippen molar-refractivity contribution in [3.63, 3.8) is 0 Å². The van der Waals surface area contributed by atoms with Gasteiger partial charge in [-0.05, 0) is 37.1 Å². The number of likely N-dealkylation sites (tertiary alicyclic amines) is 1. The van der Waals surface area contributed by atoms with Crippen molar-refractivity contribution in [1.29, 1.82) is 0 Å². The second-order valence-electron chi connectivity index (χ2n) is 9.83. The fourth-order valence-electron chi connectivity index (χ4n) is 5.33. The number of anilines is 1. The van der Waals surface area contributed by atoms with E-state index in [-0.39, 0.29) is 17.7 Å². The van der Waals surface area contributed by atoms with Gasteiger partial charge >= 0.3 is 0 Å². The second kappa shape index (κ2) is 11.0. The van der Waals surface area contributed by atoms with Gasteiger partial charge in [-0.3, -0.25) is 9.59 Å². The van der Waals surface area contributed by atoms with Crippen molar-refractivity contribution in [2.45, 2.75) is 18.8 Å². The third-order valence-electron chi connectivity index (χ3n) is 7.53. The van der Waals surface area contributed by atoms with Crippen molar-refractivity contribution >= 4 is 39.9 Å². The van der Waals surface area contributed by atoms with Crippen molar-refractivity contribution in [2.75, 3.05) is 51.3 Å². The van der Waals surface area contributed by atoms with Crippen LogP contribution in [0.5, 0.6) is 5.75 Å². The molecule has 0 radical (unpaired) electrons. The van der Waals surface area contributed by atoms with E-state index >= 15 is 0 Å². The molecular formula is C29H30N6O3S. The fourth-order valence-corrected chi connectivity index (χ4v) is 6.29. The largest absolute Gasteiger partial charge is 0.496 e. The lowest BCUT2D eigenvalue weighted by molar-refractivity contribution is 0.0707. The van der Waals surface area contributed by atoms with Crippen LogP contribution in [0.3, 0.4) is 0 Å². The number of carbonyl (C=O) groups is 2. The van der Waals surface area contributed by atoms with Gasteiger partial charge in [0.25, 0.3) is 11.8 Å². The van der Waals surface area contributed by atoms with Crippen molar-refractivity contribution in [3.8, 4) is 5.75 Å². The van der Waals surface area contributed by atoms with Crippen LogP contribution in [0, 0.1) is 0 Å². The lowest BCUT2D eigenvalue weighted by Crippen LogP contribution is -2.49. The highest BCUT2D eigenvalue weighted by Gasteiger charge is 2.29. The van der Waals surface area contributed by atoms with Crippen molar-refractivity contribution < 1.29 is 14.3 Å². The molecule has 0 saturated carbocycles. The Morgan fingerprint density at radius 1 is 0.872 bits per heavy atom. The molecule has 2 amide bonds. The number of aromatic nitrogens is 3. The minimum absolute atomic E-state index is 0.0119. The maximum Gasteiger partial charge on any atom is 0.273 e. The third kappa shape index (κ3) is 5.16. The van der Waals surface area contributed by atoms with Crippen molar-refractivity contribution in [3.05, 3.63) is 76.5 Å². The molecule has 0 N–H and O–H groups in total. The van der Waals surface area contributed by atoms with E-state index in [1.54, 1.807) is 30.7 Å². The van der Waals surface area contributed by atoms with E-state index in [1.807, 2.05) is 57.6 Å². The molecular weight excluding hydrogens is 512 g/mol. The molecule has 0 aliphatic carbocycles. The number of methoxy groups -OCH3 is 1.